The van der Waals surface area contributed by atoms with Gasteiger partial charge in [-0.15, -0.1) is 11.3 Å². The van der Waals surface area contributed by atoms with Gasteiger partial charge in [-0.3, -0.25) is 4.90 Å². The Morgan fingerprint density at radius 1 is 1.33 bits per heavy atom. The van der Waals surface area contributed by atoms with E-state index in [-0.39, 0.29) is 6.10 Å². The summed E-state index contributed by atoms with van der Waals surface area (Å²) in [6, 6.07) is 0. The van der Waals surface area contributed by atoms with Crippen LogP contribution in [0, 0.1) is 5.41 Å². The Morgan fingerprint density at radius 2 is 2.12 bits per heavy atom. The molecule has 0 aromatic carbocycles. The van der Waals surface area contributed by atoms with E-state index in [0.29, 0.717) is 5.41 Å². The molecule has 0 amide bonds. The molecule has 0 bridgehead atoms. The Kier molecular flexibility index (Phi) is 6.27. The molecular weight excluding hydrogens is 320 g/mol. The molecule has 0 saturated carbocycles. The summed E-state index contributed by atoms with van der Waals surface area (Å²) in [5.41, 5.74) is 1.66. The van der Waals surface area contributed by atoms with Crippen molar-refractivity contribution in [2.45, 2.75) is 39.3 Å². The third kappa shape index (κ3) is 4.76. The lowest BCUT2D eigenvalue weighted by atomic mass is 9.89. The van der Waals surface area contributed by atoms with Gasteiger partial charge in [0.15, 0.2) is 0 Å². The van der Waals surface area contributed by atoms with Crippen molar-refractivity contribution in [2.75, 3.05) is 52.9 Å². The number of methoxy groups -OCH3 is 1. The van der Waals surface area contributed by atoms with Gasteiger partial charge in [-0.25, -0.2) is 4.98 Å². The smallest absolute Gasteiger partial charge is 0.122 e. The van der Waals surface area contributed by atoms with Gasteiger partial charge in [0, 0.05) is 45.2 Å². The van der Waals surface area contributed by atoms with Crippen molar-refractivity contribution in [1.82, 2.24) is 20.1 Å². The number of aromatic nitrogens is 1. The first-order valence-corrected chi connectivity index (χ1v) is 10.1. The predicted octanol–water partition coefficient (Wildman–Crippen LogP) is 2.36. The largest absolute Gasteiger partial charge is 0.375 e. The van der Waals surface area contributed by atoms with E-state index in [0.717, 1.165) is 18.1 Å². The summed E-state index contributed by atoms with van der Waals surface area (Å²) in [5, 5.41) is 6.80. The first kappa shape index (κ1) is 18.3. The zero-order chi connectivity index (χ0) is 17.0. The standard InChI is InChI=1S/C18H32N4OS/c1-15(23-3)17-20-16(12-24-17)11-21-7-4-8-22(10-9-21)14-18(2)5-6-19-13-18/h12,15,19H,4-11,13-14H2,1-3H3. The molecule has 24 heavy (non-hydrogen) atoms. The third-order valence-corrected chi connectivity index (χ3v) is 6.45. The molecule has 1 N–H and O–H groups in total. The monoisotopic (exact) mass is 352 g/mol. The van der Waals surface area contributed by atoms with Crippen molar-refractivity contribution in [1.29, 1.82) is 0 Å². The van der Waals surface area contributed by atoms with Gasteiger partial charge in [-0.1, -0.05) is 6.92 Å². The summed E-state index contributed by atoms with van der Waals surface area (Å²) in [7, 11) is 1.75. The zero-order valence-electron chi connectivity index (χ0n) is 15.4. The van der Waals surface area contributed by atoms with Gasteiger partial charge < -0.3 is 15.0 Å². The Bertz CT molecular complexity index is 515. The minimum Gasteiger partial charge on any atom is -0.375 e. The quantitative estimate of drug-likeness (QED) is 0.851. The van der Waals surface area contributed by atoms with Crippen LogP contribution >= 0.6 is 11.3 Å². The molecule has 2 saturated heterocycles. The molecule has 3 rings (SSSR count). The van der Waals surface area contributed by atoms with Gasteiger partial charge in [0.2, 0.25) is 0 Å². The van der Waals surface area contributed by atoms with E-state index >= 15 is 0 Å². The molecule has 3 heterocycles. The van der Waals surface area contributed by atoms with Gasteiger partial charge in [0.1, 0.15) is 11.1 Å². The molecule has 0 aliphatic carbocycles. The van der Waals surface area contributed by atoms with E-state index in [2.05, 4.69) is 34.3 Å². The van der Waals surface area contributed by atoms with Crippen LogP contribution in [0.5, 0.6) is 0 Å². The van der Waals surface area contributed by atoms with Gasteiger partial charge in [-0.05, 0) is 44.8 Å². The number of nitrogens with one attached hydrogen (secondary N) is 1. The Balaban J connectivity index is 1.49. The average molecular weight is 353 g/mol. The van der Waals surface area contributed by atoms with Crippen LogP contribution < -0.4 is 5.32 Å². The molecule has 2 aliphatic rings. The number of rotatable bonds is 6. The van der Waals surface area contributed by atoms with Gasteiger partial charge in [0.25, 0.3) is 0 Å². The number of hydrogen-bond donors (Lipinski definition) is 1. The normalized spacial score (nSPS) is 28.1. The zero-order valence-corrected chi connectivity index (χ0v) is 16.2. The van der Waals surface area contributed by atoms with Crippen LogP contribution in [0.2, 0.25) is 0 Å². The molecule has 1 aromatic heterocycles. The van der Waals surface area contributed by atoms with Crippen LogP contribution in [0.25, 0.3) is 0 Å². The van der Waals surface area contributed by atoms with Crippen LogP contribution in [0.1, 0.15) is 43.5 Å². The first-order chi connectivity index (χ1) is 11.6. The van der Waals surface area contributed by atoms with Crippen LogP contribution in [-0.2, 0) is 11.3 Å². The summed E-state index contributed by atoms with van der Waals surface area (Å²) in [6.07, 6.45) is 2.67. The number of ether oxygens (including phenoxy) is 1. The van der Waals surface area contributed by atoms with Crippen molar-refractivity contribution in [3.8, 4) is 0 Å². The van der Waals surface area contributed by atoms with E-state index in [1.165, 1.54) is 57.8 Å². The number of hydrogen-bond acceptors (Lipinski definition) is 6. The predicted molar refractivity (Wildman–Crippen MR) is 99.5 cm³/mol. The molecule has 0 radical (unpaired) electrons. The van der Waals surface area contributed by atoms with E-state index in [4.69, 9.17) is 9.72 Å². The van der Waals surface area contributed by atoms with Gasteiger partial charge in [0.05, 0.1) is 5.69 Å². The highest BCUT2D eigenvalue weighted by Gasteiger charge is 2.31. The van der Waals surface area contributed by atoms with Gasteiger partial charge in [-0.2, -0.15) is 0 Å². The molecule has 2 atom stereocenters. The van der Waals surface area contributed by atoms with Crippen LogP contribution in [-0.4, -0.2) is 67.7 Å². The summed E-state index contributed by atoms with van der Waals surface area (Å²) < 4.78 is 5.37. The maximum absolute atomic E-state index is 5.37. The second kappa shape index (κ2) is 8.23. The maximum Gasteiger partial charge on any atom is 0.122 e. The van der Waals surface area contributed by atoms with Crippen LogP contribution in [0.4, 0.5) is 0 Å². The minimum atomic E-state index is 0.101. The molecule has 5 nitrogen and oxygen atoms in total. The molecular formula is C18H32N4OS. The maximum atomic E-state index is 5.37. The Morgan fingerprint density at radius 3 is 2.88 bits per heavy atom. The van der Waals surface area contributed by atoms with Crippen molar-refractivity contribution in [3.05, 3.63) is 16.1 Å². The summed E-state index contributed by atoms with van der Waals surface area (Å²) >= 11 is 1.72. The highest BCUT2D eigenvalue weighted by Crippen LogP contribution is 2.26. The van der Waals surface area contributed by atoms with E-state index < -0.39 is 0 Å². The lowest BCUT2D eigenvalue weighted by Crippen LogP contribution is -2.39. The second-order valence-corrected chi connectivity index (χ2v) is 8.59. The fourth-order valence-corrected chi connectivity index (χ4v) is 4.64. The number of nitrogens with zero attached hydrogens (tertiary/aromatic N) is 3. The third-order valence-electron chi connectivity index (χ3n) is 5.40. The summed E-state index contributed by atoms with van der Waals surface area (Å²) in [4.78, 5) is 9.98. The Labute approximate surface area is 150 Å². The summed E-state index contributed by atoms with van der Waals surface area (Å²) in [5.74, 6) is 0. The topological polar surface area (TPSA) is 40.6 Å². The minimum absolute atomic E-state index is 0.101. The highest BCUT2D eigenvalue weighted by molar-refractivity contribution is 7.09. The van der Waals surface area contributed by atoms with E-state index in [9.17, 15) is 0 Å². The molecule has 2 unspecified atom stereocenters. The molecule has 2 aliphatic heterocycles. The lowest BCUT2D eigenvalue weighted by Gasteiger charge is -2.31. The van der Waals surface area contributed by atoms with Crippen molar-refractivity contribution in [2.24, 2.45) is 5.41 Å². The molecule has 1 aromatic rings. The highest BCUT2D eigenvalue weighted by atomic mass is 32.1. The van der Waals surface area contributed by atoms with Crippen LogP contribution in [0.15, 0.2) is 5.38 Å². The SMILES string of the molecule is COC(C)c1nc(CN2CCCN(CC3(C)CCNC3)CC2)cs1. The molecule has 0 spiro atoms. The second-order valence-electron chi connectivity index (χ2n) is 7.70. The summed E-state index contributed by atoms with van der Waals surface area (Å²) in [6.45, 7) is 13.8. The number of thiazole rings is 1. The van der Waals surface area contributed by atoms with Crippen LogP contribution in [0.3, 0.4) is 0 Å². The fraction of sp³-hybridized carbons (Fsp3) is 0.833. The van der Waals surface area contributed by atoms with E-state index in [1.807, 2.05) is 0 Å². The van der Waals surface area contributed by atoms with E-state index in [1.54, 1.807) is 18.4 Å². The molecule has 6 heteroatoms. The van der Waals surface area contributed by atoms with Crippen molar-refractivity contribution >= 4 is 11.3 Å². The first-order valence-electron chi connectivity index (χ1n) is 9.20. The van der Waals surface area contributed by atoms with Gasteiger partial charge >= 0.3 is 0 Å². The lowest BCUT2D eigenvalue weighted by molar-refractivity contribution is 0.119. The molecule has 136 valence electrons. The Hall–Kier alpha value is -0.530. The fourth-order valence-electron chi connectivity index (χ4n) is 3.80. The molecule has 2 fully saturated rings. The van der Waals surface area contributed by atoms with Crippen molar-refractivity contribution in [3.63, 3.8) is 0 Å². The van der Waals surface area contributed by atoms with Crippen molar-refractivity contribution < 1.29 is 4.74 Å². The average Bonchev–Trinajstić information content (AvgIpc) is 3.15.